The smallest absolute Gasteiger partial charge is 0.326 e. The maximum absolute atomic E-state index is 13.5. The van der Waals surface area contributed by atoms with E-state index in [1.165, 1.54) is 17.0 Å². The van der Waals surface area contributed by atoms with Gasteiger partial charge in [0.05, 0.1) is 5.69 Å². The van der Waals surface area contributed by atoms with Crippen molar-refractivity contribution in [3.63, 3.8) is 0 Å². The fourth-order valence-corrected chi connectivity index (χ4v) is 1.74. The summed E-state index contributed by atoms with van der Waals surface area (Å²) in [5.41, 5.74) is 6.66. The molecule has 0 aliphatic carbocycles. The number of carbonyl (C=O) groups excluding carboxylic acids is 1. The zero-order chi connectivity index (χ0) is 15.4. The number of halogens is 1. The quantitative estimate of drug-likeness (QED) is 0.599. The van der Waals surface area contributed by atoms with Crippen molar-refractivity contribution in [3.05, 3.63) is 59.9 Å². The highest BCUT2D eigenvalue weighted by Gasteiger charge is 2.13. The molecule has 4 N–H and O–H groups in total. The number of urea groups is 1. The first-order chi connectivity index (χ1) is 9.99. The Morgan fingerprint density at radius 3 is 2.38 bits per heavy atom. The van der Waals surface area contributed by atoms with Gasteiger partial charge in [-0.15, -0.1) is 0 Å². The second-order valence-corrected chi connectivity index (χ2v) is 4.43. The lowest BCUT2D eigenvalue weighted by Gasteiger charge is -2.18. The summed E-state index contributed by atoms with van der Waals surface area (Å²) < 4.78 is 13.5. The van der Waals surface area contributed by atoms with Gasteiger partial charge < -0.3 is 11.1 Å². The van der Waals surface area contributed by atoms with Crippen LogP contribution < -0.4 is 16.0 Å². The van der Waals surface area contributed by atoms with Gasteiger partial charge in [0.1, 0.15) is 11.7 Å². The number of para-hydroxylation sites is 1. The predicted octanol–water partition coefficient (Wildman–Crippen LogP) is 2.78. The molecule has 0 spiro atoms. The summed E-state index contributed by atoms with van der Waals surface area (Å²) in [6, 6.07) is 12.1. The van der Waals surface area contributed by atoms with E-state index in [0.29, 0.717) is 11.3 Å². The zero-order valence-electron chi connectivity index (χ0n) is 11.4. The monoisotopic (exact) mass is 286 g/mol. The van der Waals surface area contributed by atoms with Crippen LogP contribution in [0.3, 0.4) is 0 Å². The first-order valence-electron chi connectivity index (χ1n) is 6.22. The number of nitrogens with two attached hydrogens (primary N) is 1. The maximum atomic E-state index is 13.5. The lowest BCUT2D eigenvalue weighted by atomic mass is 10.2. The van der Waals surface area contributed by atoms with E-state index in [9.17, 15) is 9.18 Å². The number of nitrogen functional groups attached to an aromatic ring is 1. The molecule has 6 heteroatoms. The molecule has 0 fully saturated rings. The minimum atomic E-state index is -0.494. The van der Waals surface area contributed by atoms with Crippen molar-refractivity contribution in [2.24, 2.45) is 5.73 Å². The molecule has 0 aliphatic rings. The number of nitrogens with zero attached hydrogens (tertiary/aromatic N) is 1. The minimum absolute atomic E-state index is 0.0417. The number of hydrogen-bond donors (Lipinski definition) is 3. The third kappa shape index (κ3) is 3.36. The number of amidine groups is 1. The van der Waals surface area contributed by atoms with Gasteiger partial charge in [0, 0.05) is 18.3 Å². The van der Waals surface area contributed by atoms with Crippen LogP contribution in [0.2, 0.25) is 0 Å². The van der Waals surface area contributed by atoms with Crippen LogP contribution in [0.1, 0.15) is 5.56 Å². The molecule has 2 amide bonds. The molecule has 0 unspecified atom stereocenters. The molecule has 0 saturated heterocycles. The first kappa shape index (κ1) is 14.5. The van der Waals surface area contributed by atoms with Crippen LogP contribution in [0.15, 0.2) is 48.5 Å². The van der Waals surface area contributed by atoms with E-state index in [0.717, 1.165) is 0 Å². The van der Waals surface area contributed by atoms with Crippen LogP contribution in [0.25, 0.3) is 0 Å². The molecule has 2 rings (SSSR count). The van der Waals surface area contributed by atoms with Crippen LogP contribution in [-0.4, -0.2) is 18.9 Å². The van der Waals surface area contributed by atoms with Crippen molar-refractivity contribution in [1.29, 1.82) is 5.41 Å². The van der Waals surface area contributed by atoms with Crippen molar-refractivity contribution >= 4 is 23.2 Å². The number of anilines is 2. The average molecular weight is 286 g/mol. The molecule has 0 bridgehead atoms. The van der Waals surface area contributed by atoms with Crippen molar-refractivity contribution < 1.29 is 9.18 Å². The summed E-state index contributed by atoms with van der Waals surface area (Å²) in [7, 11) is 1.57. The maximum Gasteiger partial charge on any atom is 0.326 e. The summed E-state index contributed by atoms with van der Waals surface area (Å²) in [5.74, 6) is -0.536. The van der Waals surface area contributed by atoms with Gasteiger partial charge >= 0.3 is 6.03 Å². The lowest BCUT2D eigenvalue weighted by molar-refractivity contribution is 0.258. The Hall–Kier alpha value is -2.89. The minimum Gasteiger partial charge on any atom is -0.384 e. The second-order valence-electron chi connectivity index (χ2n) is 4.43. The van der Waals surface area contributed by atoms with Gasteiger partial charge in [-0.3, -0.25) is 10.3 Å². The Bertz CT molecular complexity index is 670. The molecule has 0 aromatic heterocycles. The van der Waals surface area contributed by atoms with Crippen LogP contribution >= 0.6 is 0 Å². The molecule has 0 saturated carbocycles. The van der Waals surface area contributed by atoms with E-state index >= 15 is 0 Å². The van der Waals surface area contributed by atoms with Crippen LogP contribution in [0.4, 0.5) is 20.6 Å². The van der Waals surface area contributed by atoms with Crippen molar-refractivity contribution in [3.8, 4) is 0 Å². The van der Waals surface area contributed by atoms with E-state index < -0.39 is 11.8 Å². The number of amides is 2. The SMILES string of the molecule is CN(C(=O)Nc1ccccc1F)c1ccc(C(=N)N)cc1. The Morgan fingerprint density at radius 2 is 1.81 bits per heavy atom. The predicted molar refractivity (Wildman–Crippen MR) is 81.3 cm³/mol. The van der Waals surface area contributed by atoms with Crippen molar-refractivity contribution in [2.45, 2.75) is 0 Å². The standard InChI is InChI=1S/C15H15FN4O/c1-20(11-8-6-10(7-9-11)14(17)18)15(21)19-13-5-3-2-4-12(13)16/h2-9H,1H3,(H3,17,18)(H,19,21). The van der Waals surface area contributed by atoms with Crippen molar-refractivity contribution in [1.82, 2.24) is 0 Å². The van der Waals surface area contributed by atoms with Crippen LogP contribution in [0, 0.1) is 11.2 Å². The molecule has 0 aliphatic heterocycles. The second kappa shape index (κ2) is 6.04. The van der Waals surface area contributed by atoms with Gasteiger partial charge in [-0.05, 0) is 36.4 Å². The molecule has 0 atom stereocenters. The average Bonchev–Trinajstić information content (AvgIpc) is 2.49. The Morgan fingerprint density at radius 1 is 1.19 bits per heavy atom. The largest absolute Gasteiger partial charge is 0.384 e. The fraction of sp³-hybridized carbons (Fsp3) is 0.0667. The summed E-state index contributed by atoms with van der Waals surface area (Å²) in [6.45, 7) is 0. The fourth-order valence-electron chi connectivity index (χ4n) is 1.74. The number of nitrogens with one attached hydrogen (secondary N) is 2. The molecule has 0 heterocycles. The topological polar surface area (TPSA) is 82.2 Å². The molecule has 21 heavy (non-hydrogen) atoms. The summed E-state index contributed by atoms with van der Waals surface area (Å²) in [6.07, 6.45) is 0. The normalized spacial score (nSPS) is 10.0. The molecular formula is C15H15FN4O. The van der Waals surface area contributed by atoms with E-state index in [1.807, 2.05) is 0 Å². The molecule has 2 aromatic rings. The molecule has 0 radical (unpaired) electrons. The Labute approximate surface area is 121 Å². The third-order valence-corrected chi connectivity index (χ3v) is 2.99. The molecule has 5 nitrogen and oxygen atoms in total. The summed E-state index contributed by atoms with van der Waals surface area (Å²) in [4.78, 5) is 13.4. The van der Waals surface area contributed by atoms with Crippen LogP contribution in [-0.2, 0) is 0 Å². The first-order valence-corrected chi connectivity index (χ1v) is 6.22. The van der Waals surface area contributed by atoms with E-state index in [4.69, 9.17) is 11.1 Å². The van der Waals surface area contributed by atoms with Crippen molar-refractivity contribution in [2.75, 3.05) is 17.3 Å². The number of benzene rings is 2. The number of hydrogen-bond acceptors (Lipinski definition) is 2. The van der Waals surface area contributed by atoms with Gasteiger partial charge in [0.25, 0.3) is 0 Å². The summed E-state index contributed by atoms with van der Waals surface area (Å²) in [5, 5.41) is 9.80. The molecule has 2 aromatic carbocycles. The van der Waals surface area contributed by atoms with Gasteiger partial charge in [-0.25, -0.2) is 9.18 Å². The number of carbonyl (C=O) groups is 1. The molecular weight excluding hydrogens is 271 g/mol. The van der Waals surface area contributed by atoms with E-state index in [2.05, 4.69) is 5.32 Å². The van der Waals surface area contributed by atoms with Gasteiger partial charge in [-0.2, -0.15) is 0 Å². The van der Waals surface area contributed by atoms with E-state index in [-0.39, 0.29) is 11.5 Å². The van der Waals surface area contributed by atoms with Crippen LogP contribution in [0.5, 0.6) is 0 Å². The van der Waals surface area contributed by atoms with E-state index in [1.54, 1.807) is 43.4 Å². The number of rotatable bonds is 3. The third-order valence-electron chi connectivity index (χ3n) is 2.99. The summed E-state index contributed by atoms with van der Waals surface area (Å²) >= 11 is 0. The van der Waals surface area contributed by atoms with Gasteiger partial charge in [-0.1, -0.05) is 12.1 Å². The lowest BCUT2D eigenvalue weighted by Crippen LogP contribution is -2.31. The Kier molecular flexibility index (Phi) is 4.18. The molecule has 108 valence electrons. The zero-order valence-corrected chi connectivity index (χ0v) is 11.4. The van der Waals surface area contributed by atoms with Gasteiger partial charge in [0.15, 0.2) is 0 Å². The Balaban J connectivity index is 2.12. The highest BCUT2D eigenvalue weighted by atomic mass is 19.1. The van der Waals surface area contributed by atoms with Gasteiger partial charge in [0.2, 0.25) is 0 Å². The highest BCUT2D eigenvalue weighted by Crippen LogP contribution is 2.17. The highest BCUT2D eigenvalue weighted by molar-refractivity contribution is 6.02.